The van der Waals surface area contributed by atoms with Crippen LogP contribution in [0.25, 0.3) is 10.9 Å². The van der Waals surface area contributed by atoms with Crippen molar-refractivity contribution in [3.8, 4) is 0 Å². The second-order valence-electron chi connectivity index (χ2n) is 9.98. The van der Waals surface area contributed by atoms with Crippen molar-refractivity contribution >= 4 is 10.9 Å². The molecule has 4 aromatic rings. The number of pyridine rings is 1. The molecule has 3 heterocycles. The second-order valence-corrected chi connectivity index (χ2v) is 9.98. The third-order valence-corrected chi connectivity index (χ3v) is 7.14. The molecule has 0 aliphatic carbocycles. The molecule has 0 amide bonds. The van der Waals surface area contributed by atoms with E-state index < -0.39 is 0 Å². The minimum atomic E-state index is -0.277. The smallest absolute Gasteiger partial charge is 0.252 e. The summed E-state index contributed by atoms with van der Waals surface area (Å²) < 4.78 is 21.2. The number of tetrazole rings is 1. The molecule has 2 aromatic carbocycles. The Morgan fingerprint density at radius 3 is 2.76 bits per heavy atom. The van der Waals surface area contributed by atoms with Gasteiger partial charge in [0.15, 0.2) is 5.82 Å². The summed E-state index contributed by atoms with van der Waals surface area (Å²) in [7, 11) is 0. The van der Waals surface area contributed by atoms with Gasteiger partial charge in [-0.3, -0.25) is 9.69 Å². The van der Waals surface area contributed by atoms with Gasteiger partial charge in [0.2, 0.25) is 0 Å². The average molecular weight is 505 g/mol. The Balaban J connectivity index is 1.49. The topological polar surface area (TPSA) is 88.9 Å². The quantitative estimate of drug-likeness (QED) is 0.362. The van der Waals surface area contributed by atoms with Crippen molar-refractivity contribution in [1.82, 2.24) is 30.1 Å². The van der Waals surface area contributed by atoms with Crippen LogP contribution < -0.4 is 5.56 Å². The van der Waals surface area contributed by atoms with E-state index in [1.54, 1.807) is 16.8 Å². The molecule has 5 rings (SSSR count). The van der Waals surface area contributed by atoms with Gasteiger partial charge in [-0.2, -0.15) is 0 Å². The fraction of sp³-hybridized carbons (Fsp3) is 0.429. The minimum absolute atomic E-state index is 0.0856. The molecule has 2 aromatic heterocycles. The number of fused-ring (bicyclic) bond motifs is 1. The molecule has 0 unspecified atom stereocenters. The first-order valence-electron chi connectivity index (χ1n) is 12.9. The van der Waals surface area contributed by atoms with Crippen LogP contribution in [0.3, 0.4) is 0 Å². The van der Waals surface area contributed by atoms with Gasteiger partial charge >= 0.3 is 0 Å². The molecule has 9 heteroatoms. The van der Waals surface area contributed by atoms with E-state index in [0.717, 1.165) is 53.5 Å². The van der Waals surface area contributed by atoms with E-state index in [2.05, 4.69) is 51.4 Å². The standard InChI is InChI=1S/C28H33FN6O2/c1-4-25(27-31-32-33-35(27)15-20-7-9-23(29)10-8-20)34(17-24-6-5-11-37-24)16-22-14-21-13-18(2)12-19(3)26(21)30-28(22)36/h7-10,12-14,24-25H,4-6,11,15-17H2,1-3H3,(H,30,36)/t24-,25+/m1/s1. The lowest BCUT2D eigenvalue weighted by atomic mass is 10.0. The van der Waals surface area contributed by atoms with Gasteiger partial charge in [0.1, 0.15) is 5.82 Å². The van der Waals surface area contributed by atoms with Gasteiger partial charge in [-0.05, 0) is 84.3 Å². The lowest BCUT2D eigenvalue weighted by Gasteiger charge is -2.32. The highest BCUT2D eigenvalue weighted by molar-refractivity contribution is 5.82. The van der Waals surface area contributed by atoms with Gasteiger partial charge in [0.05, 0.1) is 24.2 Å². The van der Waals surface area contributed by atoms with Crippen LogP contribution in [0.1, 0.15) is 60.3 Å². The van der Waals surface area contributed by atoms with E-state index in [1.807, 2.05) is 13.0 Å². The number of aromatic amines is 1. The Morgan fingerprint density at radius 1 is 1.22 bits per heavy atom. The Bertz CT molecular complexity index is 1430. The summed E-state index contributed by atoms with van der Waals surface area (Å²) in [5, 5.41) is 13.6. The first-order chi connectivity index (χ1) is 17.9. The highest BCUT2D eigenvalue weighted by atomic mass is 19.1. The number of nitrogens with one attached hydrogen (secondary N) is 1. The van der Waals surface area contributed by atoms with Crippen LogP contribution in [0.15, 0.2) is 47.3 Å². The van der Waals surface area contributed by atoms with Crippen LogP contribution in [-0.2, 0) is 17.8 Å². The molecule has 1 aliphatic rings. The van der Waals surface area contributed by atoms with E-state index in [4.69, 9.17) is 4.74 Å². The van der Waals surface area contributed by atoms with Crippen LogP contribution in [0.4, 0.5) is 4.39 Å². The van der Waals surface area contributed by atoms with Crippen molar-refractivity contribution in [3.05, 3.63) is 86.7 Å². The molecule has 2 atom stereocenters. The lowest BCUT2D eigenvalue weighted by molar-refractivity contribution is 0.0489. The predicted molar refractivity (Wildman–Crippen MR) is 140 cm³/mol. The number of ether oxygens (including phenoxy) is 1. The fourth-order valence-electron chi connectivity index (χ4n) is 5.35. The number of halogens is 1. The SMILES string of the molecule is CC[C@@H](c1nnnn1Cc1ccc(F)cc1)N(Cc1cc2cc(C)cc(C)c2[nH]c1=O)C[C@H]1CCCO1. The van der Waals surface area contributed by atoms with Crippen LogP contribution in [0.5, 0.6) is 0 Å². The number of hydrogen-bond donors (Lipinski definition) is 1. The zero-order valence-electron chi connectivity index (χ0n) is 21.6. The molecule has 0 spiro atoms. The molecule has 1 aliphatic heterocycles. The Morgan fingerprint density at radius 2 is 2.03 bits per heavy atom. The van der Waals surface area contributed by atoms with Crippen LogP contribution in [-0.4, -0.2) is 49.3 Å². The van der Waals surface area contributed by atoms with E-state index in [1.165, 1.54) is 12.1 Å². The van der Waals surface area contributed by atoms with Gasteiger partial charge in [-0.1, -0.05) is 30.7 Å². The summed E-state index contributed by atoms with van der Waals surface area (Å²) in [5.41, 5.74) is 4.61. The lowest BCUT2D eigenvalue weighted by Crippen LogP contribution is -2.37. The maximum absolute atomic E-state index is 13.4. The first kappa shape index (κ1) is 25.2. The largest absolute Gasteiger partial charge is 0.377 e. The Hall–Kier alpha value is -3.43. The Labute approximate surface area is 215 Å². The van der Waals surface area contributed by atoms with Crippen molar-refractivity contribution in [3.63, 3.8) is 0 Å². The molecule has 1 fully saturated rings. The number of rotatable bonds is 9. The van der Waals surface area contributed by atoms with Gasteiger partial charge in [0.25, 0.3) is 5.56 Å². The van der Waals surface area contributed by atoms with Crippen molar-refractivity contribution in [2.75, 3.05) is 13.2 Å². The number of benzene rings is 2. The van der Waals surface area contributed by atoms with E-state index in [-0.39, 0.29) is 23.5 Å². The van der Waals surface area contributed by atoms with Gasteiger partial charge < -0.3 is 9.72 Å². The average Bonchev–Trinajstić information content (AvgIpc) is 3.55. The van der Waals surface area contributed by atoms with Crippen molar-refractivity contribution in [2.45, 2.75) is 65.3 Å². The molecular weight excluding hydrogens is 471 g/mol. The number of nitrogens with zero attached hydrogens (tertiary/aromatic N) is 5. The summed E-state index contributed by atoms with van der Waals surface area (Å²) in [5.74, 6) is 0.439. The van der Waals surface area contributed by atoms with E-state index >= 15 is 0 Å². The van der Waals surface area contributed by atoms with Crippen molar-refractivity contribution in [2.24, 2.45) is 0 Å². The van der Waals surface area contributed by atoms with Gasteiger partial charge in [-0.25, -0.2) is 9.07 Å². The molecule has 1 saturated heterocycles. The van der Waals surface area contributed by atoms with E-state index in [0.29, 0.717) is 31.0 Å². The highest BCUT2D eigenvalue weighted by Crippen LogP contribution is 2.27. The third kappa shape index (κ3) is 5.62. The molecule has 194 valence electrons. The summed E-state index contributed by atoms with van der Waals surface area (Å²) in [6.07, 6.45) is 2.87. The molecule has 0 saturated carbocycles. The zero-order chi connectivity index (χ0) is 25.9. The molecule has 37 heavy (non-hydrogen) atoms. The van der Waals surface area contributed by atoms with Crippen molar-refractivity contribution in [1.29, 1.82) is 0 Å². The predicted octanol–water partition coefficient (Wildman–Crippen LogP) is 4.45. The molecule has 0 bridgehead atoms. The first-order valence-corrected chi connectivity index (χ1v) is 12.9. The van der Waals surface area contributed by atoms with Gasteiger partial charge in [-0.15, -0.1) is 5.10 Å². The summed E-state index contributed by atoms with van der Waals surface area (Å²) in [4.78, 5) is 18.6. The summed E-state index contributed by atoms with van der Waals surface area (Å²) in [6, 6.07) is 12.4. The van der Waals surface area contributed by atoms with Gasteiger partial charge in [0, 0.05) is 25.3 Å². The molecule has 0 radical (unpaired) electrons. The fourth-order valence-corrected chi connectivity index (χ4v) is 5.35. The summed E-state index contributed by atoms with van der Waals surface area (Å²) >= 11 is 0. The maximum atomic E-state index is 13.4. The molecular formula is C28H33FN6O2. The Kier molecular flexibility index (Phi) is 7.43. The third-order valence-electron chi connectivity index (χ3n) is 7.14. The number of aromatic nitrogens is 5. The van der Waals surface area contributed by atoms with Crippen LogP contribution in [0, 0.1) is 19.7 Å². The summed E-state index contributed by atoms with van der Waals surface area (Å²) in [6.45, 7) is 8.49. The molecule has 1 N–H and O–H groups in total. The number of H-pyrrole nitrogens is 1. The van der Waals surface area contributed by atoms with Crippen LogP contribution >= 0.6 is 0 Å². The highest BCUT2D eigenvalue weighted by Gasteiger charge is 2.29. The van der Waals surface area contributed by atoms with Crippen molar-refractivity contribution < 1.29 is 9.13 Å². The normalized spacial score (nSPS) is 16.6. The zero-order valence-corrected chi connectivity index (χ0v) is 21.6. The minimum Gasteiger partial charge on any atom is -0.377 e. The number of hydrogen-bond acceptors (Lipinski definition) is 6. The van der Waals surface area contributed by atoms with Crippen LogP contribution in [0.2, 0.25) is 0 Å². The monoisotopic (exact) mass is 504 g/mol. The maximum Gasteiger partial charge on any atom is 0.252 e. The second kappa shape index (κ2) is 10.9. The number of aryl methyl sites for hydroxylation is 2. The van der Waals surface area contributed by atoms with E-state index in [9.17, 15) is 9.18 Å². The molecule has 8 nitrogen and oxygen atoms in total.